The Kier molecular flexibility index (Phi) is 7.63. The van der Waals surface area contributed by atoms with Crippen molar-refractivity contribution in [3.63, 3.8) is 0 Å². The Bertz CT molecular complexity index is 935. The second-order valence-corrected chi connectivity index (χ2v) is 6.89. The Balaban J connectivity index is 2.42. The van der Waals surface area contributed by atoms with Crippen LogP contribution in [-0.4, -0.2) is 37.0 Å². The number of benzene rings is 2. The molecule has 0 radical (unpaired) electrons. The van der Waals surface area contributed by atoms with Crippen molar-refractivity contribution in [3.8, 4) is 0 Å². The zero-order valence-corrected chi connectivity index (χ0v) is 17.7. The number of rotatable bonds is 9. The molecule has 0 aliphatic carbocycles. The van der Waals surface area contributed by atoms with Gasteiger partial charge < -0.3 is 9.47 Å². The molecule has 0 amide bonds. The SMILES string of the molecule is CCOC(=O)c1ccc(C(F)(F)C(F)(F)C(F)(F)C(F)(F)c2ccc(C(=O)OCC)cc2)cc1. The number of halogens is 8. The van der Waals surface area contributed by atoms with Crippen LogP contribution in [0.15, 0.2) is 48.5 Å². The van der Waals surface area contributed by atoms with Gasteiger partial charge in [0, 0.05) is 11.1 Å². The number of alkyl halides is 8. The lowest BCUT2D eigenvalue weighted by Crippen LogP contribution is -2.59. The normalized spacial score (nSPS) is 12.9. The maximum Gasteiger partial charge on any atom is 0.382 e. The Morgan fingerprint density at radius 2 is 0.853 bits per heavy atom. The molecule has 186 valence electrons. The summed E-state index contributed by atoms with van der Waals surface area (Å²) in [6.07, 6.45) is 0. The number of hydrogen-bond acceptors (Lipinski definition) is 4. The molecule has 0 aliphatic rings. The highest BCUT2D eigenvalue weighted by Crippen LogP contribution is 2.59. The zero-order valence-electron chi connectivity index (χ0n) is 17.7. The second-order valence-electron chi connectivity index (χ2n) is 6.89. The van der Waals surface area contributed by atoms with Crippen LogP contribution in [-0.2, 0) is 21.3 Å². The highest BCUT2D eigenvalue weighted by atomic mass is 19.4. The van der Waals surface area contributed by atoms with Gasteiger partial charge in [0.25, 0.3) is 0 Å². The monoisotopic (exact) mass is 498 g/mol. The van der Waals surface area contributed by atoms with Crippen molar-refractivity contribution in [2.24, 2.45) is 0 Å². The van der Waals surface area contributed by atoms with Crippen molar-refractivity contribution in [1.82, 2.24) is 0 Å². The topological polar surface area (TPSA) is 52.6 Å². The highest BCUT2D eigenvalue weighted by Gasteiger charge is 2.81. The maximum absolute atomic E-state index is 14.5. The molecule has 0 saturated heterocycles. The molecule has 2 aromatic rings. The van der Waals surface area contributed by atoms with E-state index in [0.29, 0.717) is 24.3 Å². The first kappa shape index (κ1) is 27.1. The Hall–Kier alpha value is -3.18. The molecule has 4 nitrogen and oxygen atoms in total. The number of carbonyl (C=O) groups is 2. The van der Waals surface area contributed by atoms with Crippen molar-refractivity contribution < 1.29 is 54.2 Å². The first-order chi connectivity index (χ1) is 15.6. The molecule has 0 bridgehead atoms. The van der Waals surface area contributed by atoms with E-state index in [9.17, 15) is 44.7 Å². The summed E-state index contributed by atoms with van der Waals surface area (Å²) in [5.41, 5.74) is -4.13. The summed E-state index contributed by atoms with van der Waals surface area (Å²) in [4.78, 5) is 23.1. The van der Waals surface area contributed by atoms with Crippen LogP contribution in [0.25, 0.3) is 0 Å². The number of esters is 2. The van der Waals surface area contributed by atoms with Crippen molar-refractivity contribution in [2.75, 3.05) is 13.2 Å². The Morgan fingerprint density at radius 3 is 1.09 bits per heavy atom. The van der Waals surface area contributed by atoms with Gasteiger partial charge in [-0.3, -0.25) is 0 Å². The van der Waals surface area contributed by atoms with Crippen molar-refractivity contribution in [1.29, 1.82) is 0 Å². The molecule has 0 aliphatic heterocycles. The number of carbonyl (C=O) groups excluding carboxylic acids is 2. The van der Waals surface area contributed by atoms with E-state index in [1.54, 1.807) is 0 Å². The molecule has 0 fully saturated rings. The fourth-order valence-electron chi connectivity index (χ4n) is 2.82. The van der Waals surface area contributed by atoms with Gasteiger partial charge in [0.05, 0.1) is 24.3 Å². The predicted octanol–water partition coefficient (Wildman–Crippen LogP) is 6.19. The van der Waals surface area contributed by atoms with Crippen molar-refractivity contribution in [3.05, 3.63) is 70.8 Å². The Labute approximate surface area is 188 Å². The molecule has 2 aromatic carbocycles. The average molecular weight is 498 g/mol. The lowest BCUT2D eigenvalue weighted by Gasteiger charge is -2.37. The molecule has 0 saturated carbocycles. The zero-order chi connectivity index (χ0) is 25.9. The summed E-state index contributed by atoms with van der Waals surface area (Å²) < 4.78 is 125. The van der Waals surface area contributed by atoms with Crippen LogP contribution in [0.3, 0.4) is 0 Å². The van der Waals surface area contributed by atoms with Crippen LogP contribution in [0.1, 0.15) is 45.7 Å². The van der Waals surface area contributed by atoms with Gasteiger partial charge in [-0.15, -0.1) is 0 Å². The minimum Gasteiger partial charge on any atom is -0.462 e. The van der Waals surface area contributed by atoms with Crippen molar-refractivity contribution >= 4 is 11.9 Å². The highest BCUT2D eigenvalue weighted by molar-refractivity contribution is 5.89. The molecule has 0 spiro atoms. The third kappa shape index (κ3) is 4.58. The first-order valence-electron chi connectivity index (χ1n) is 9.71. The quantitative estimate of drug-likeness (QED) is 0.306. The molecular weight excluding hydrogens is 480 g/mol. The molecule has 12 heteroatoms. The van der Waals surface area contributed by atoms with E-state index >= 15 is 0 Å². The van der Waals surface area contributed by atoms with Crippen LogP contribution < -0.4 is 0 Å². The van der Waals surface area contributed by atoms with Gasteiger partial charge in [0.2, 0.25) is 0 Å². The van der Waals surface area contributed by atoms with Crippen LogP contribution in [0.2, 0.25) is 0 Å². The van der Waals surface area contributed by atoms with E-state index < -0.39 is 46.8 Å². The molecule has 0 heterocycles. The first-order valence-corrected chi connectivity index (χ1v) is 9.71. The van der Waals surface area contributed by atoms with Gasteiger partial charge >= 0.3 is 35.6 Å². The second kappa shape index (κ2) is 9.59. The van der Waals surface area contributed by atoms with Gasteiger partial charge in [-0.2, -0.15) is 35.1 Å². The molecule has 0 unspecified atom stereocenters. The molecule has 0 N–H and O–H groups in total. The lowest BCUT2D eigenvalue weighted by atomic mass is 9.90. The standard InChI is InChI=1S/C22H18F8O4/c1-3-33-17(31)13-5-9-15(10-6-13)19(23,24)21(27,28)22(29,30)20(25,26)16-11-7-14(8-12-16)18(32)34-4-2/h5-12H,3-4H2,1-2H3. The summed E-state index contributed by atoms with van der Waals surface area (Å²) >= 11 is 0. The third-order valence-electron chi connectivity index (χ3n) is 4.70. The molecule has 34 heavy (non-hydrogen) atoms. The molecule has 0 atom stereocenters. The van der Waals surface area contributed by atoms with Gasteiger partial charge in [-0.1, -0.05) is 24.3 Å². The van der Waals surface area contributed by atoms with E-state index in [-0.39, 0.29) is 48.6 Å². The Morgan fingerprint density at radius 1 is 0.588 bits per heavy atom. The number of ether oxygens (including phenoxy) is 2. The predicted molar refractivity (Wildman–Crippen MR) is 102 cm³/mol. The molecule has 2 rings (SSSR count). The fourth-order valence-corrected chi connectivity index (χ4v) is 2.82. The average Bonchev–Trinajstić information content (AvgIpc) is 2.79. The van der Waals surface area contributed by atoms with E-state index in [2.05, 4.69) is 9.47 Å². The maximum atomic E-state index is 14.5. The minimum atomic E-state index is -6.57. The molecule has 0 aromatic heterocycles. The van der Waals surface area contributed by atoms with Gasteiger partial charge in [-0.05, 0) is 38.1 Å². The summed E-state index contributed by atoms with van der Waals surface area (Å²) in [7, 11) is 0. The smallest absolute Gasteiger partial charge is 0.382 e. The summed E-state index contributed by atoms with van der Waals surface area (Å²) in [6, 6.07) is 3.41. The van der Waals surface area contributed by atoms with Gasteiger partial charge in [-0.25, -0.2) is 9.59 Å². The van der Waals surface area contributed by atoms with E-state index in [0.717, 1.165) is 0 Å². The lowest BCUT2D eigenvalue weighted by molar-refractivity contribution is -0.374. The van der Waals surface area contributed by atoms with Crippen molar-refractivity contribution in [2.45, 2.75) is 37.5 Å². The number of hydrogen-bond donors (Lipinski definition) is 0. The largest absolute Gasteiger partial charge is 0.462 e. The van der Waals surface area contributed by atoms with Crippen LogP contribution in [0.4, 0.5) is 35.1 Å². The molecular formula is C22H18F8O4. The summed E-state index contributed by atoms with van der Waals surface area (Å²) in [6.45, 7) is 2.70. The van der Waals surface area contributed by atoms with Gasteiger partial charge in [0.1, 0.15) is 0 Å². The third-order valence-corrected chi connectivity index (χ3v) is 4.70. The van der Waals surface area contributed by atoms with E-state index in [1.807, 2.05) is 0 Å². The van der Waals surface area contributed by atoms with Crippen LogP contribution >= 0.6 is 0 Å². The summed E-state index contributed by atoms with van der Waals surface area (Å²) in [5.74, 6) is -26.7. The van der Waals surface area contributed by atoms with Crippen LogP contribution in [0, 0.1) is 0 Å². The van der Waals surface area contributed by atoms with Gasteiger partial charge in [0.15, 0.2) is 0 Å². The van der Waals surface area contributed by atoms with Crippen LogP contribution in [0.5, 0.6) is 0 Å². The van der Waals surface area contributed by atoms with E-state index in [4.69, 9.17) is 0 Å². The minimum absolute atomic E-state index is 0.0864. The fraction of sp³-hybridized carbons (Fsp3) is 0.364. The van der Waals surface area contributed by atoms with E-state index in [1.165, 1.54) is 13.8 Å². The summed E-state index contributed by atoms with van der Waals surface area (Å²) in [5, 5.41) is 0.